The number of amidine groups is 1. The first-order valence-electron chi connectivity index (χ1n) is 6.55. The molecule has 1 aliphatic rings. The zero-order valence-electron chi connectivity index (χ0n) is 11.5. The summed E-state index contributed by atoms with van der Waals surface area (Å²) in [6.45, 7) is 4.42. The van der Waals surface area contributed by atoms with Crippen molar-refractivity contribution >= 4 is 11.8 Å². The Morgan fingerprint density at radius 2 is 2.37 bits per heavy atom. The van der Waals surface area contributed by atoms with Crippen LogP contribution in [0.3, 0.4) is 0 Å². The maximum absolute atomic E-state index is 7.47. The van der Waals surface area contributed by atoms with E-state index < -0.39 is 0 Å². The molecular formula is C13H21N5O. The van der Waals surface area contributed by atoms with Crippen molar-refractivity contribution in [2.45, 2.75) is 19.8 Å². The standard InChI is InChI=1S/C13H21N5O/c1-9-6-11(12(14)15)17-13(16-9)18(2)7-10-4-3-5-19-8-10/h6,10H,3-5,7-8H2,1-2H3,(H3,14,15). The van der Waals surface area contributed by atoms with Gasteiger partial charge in [0.1, 0.15) is 11.5 Å². The van der Waals surface area contributed by atoms with E-state index >= 15 is 0 Å². The lowest BCUT2D eigenvalue weighted by atomic mass is 10.0. The summed E-state index contributed by atoms with van der Waals surface area (Å²) in [4.78, 5) is 10.7. The number of aryl methyl sites for hydroxylation is 1. The molecule has 2 rings (SSSR count). The predicted molar refractivity (Wildman–Crippen MR) is 74.6 cm³/mol. The summed E-state index contributed by atoms with van der Waals surface area (Å²) < 4.78 is 5.48. The third-order valence-corrected chi connectivity index (χ3v) is 3.25. The van der Waals surface area contributed by atoms with E-state index in [0.717, 1.165) is 31.9 Å². The van der Waals surface area contributed by atoms with E-state index in [1.807, 2.05) is 18.9 Å². The van der Waals surface area contributed by atoms with Gasteiger partial charge in [-0.2, -0.15) is 0 Å². The minimum absolute atomic E-state index is 0.0267. The number of nitrogen functional groups attached to an aromatic ring is 1. The second-order valence-corrected chi connectivity index (χ2v) is 5.07. The summed E-state index contributed by atoms with van der Waals surface area (Å²) in [5.41, 5.74) is 6.79. The molecule has 1 fully saturated rings. The molecule has 0 spiro atoms. The Labute approximate surface area is 113 Å². The van der Waals surface area contributed by atoms with Gasteiger partial charge < -0.3 is 15.4 Å². The van der Waals surface area contributed by atoms with Gasteiger partial charge in [0.2, 0.25) is 5.95 Å². The molecule has 1 atom stereocenters. The van der Waals surface area contributed by atoms with E-state index in [-0.39, 0.29) is 5.84 Å². The van der Waals surface area contributed by atoms with Crippen molar-refractivity contribution < 1.29 is 4.74 Å². The van der Waals surface area contributed by atoms with Crippen LogP contribution < -0.4 is 10.6 Å². The molecule has 0 aromatic carbocycles. The van der Waals surface area contributed by atoms with Crippen molar-refractivity contribution in [2.24, 2.45) is 11.7 Å². The molecule has 1 unspecified atom stereocenters. The third-order valence-electron chi connectivity index (χ3n) is 3.25. The number of aromatic nitrogens is 2. The summed E-state index contributed by atoms with van der Waals surface area (Å²) in [6, 6.07) is 1.73. The Balaban J connectivity index is 2.09. The predicted octanol–water partition coefficient (Wildman–Crippen LogP) is 0.932. The molecule has 1 aromatic heterocycles. The fourth-order valence-corrected chi connectivity index (χ4v) is 2.28. The largest absolute Gasteiger partial charge is 0.382 e. The highest BCUT2D eigenvalue weighted by Gasteiger charge is 2.18. The summed E-state index contributed by atoms with van der Waals surface area (Å²) in [5, 5.41) is 7.47. The van der Waals surface area contributed by atoms with Crippen LogP contribution in [0.25, 0.3) is 0 Å². The first kappa shape index (κ1) is 13.7. The number of hydrogen-bond acceptors (Lipinski definition) is 5. The van der Waals surface area contributed by atoms with Crippen LogP contribution in [0.2, 0.25) is 0 Å². The molecule has 2 heterocycles. The monoisotopic (exact) mass is 263 g/mol. The highest BCUT2D eigenvalue weighted by molar-refractivity contribution is 5.93. The second-order valence-electron chi connectivity index (χ2n) is 5.07. The van der Waals surface area contributed by atoms with Crippen LogP contribution in [-0.2, 0) is 4.74 Å². The van der Waals surface area contributed by atoms with Crippen molar-refractivity contribution in [3.63, 3.8) is 0 Å². The van der Waals surface area contributed by atoms with Gasteiger partial charge in [-0.05, 0) is 31.7 Å². The maximum atomic E-state index is 7.47. The van der Waals surface area contributed by atoms with E-state index in [1.54, 1.807) is 6.07 Å². The average Bonchev–Trinajstić information content (AvgIpc) is 2.39. The van der Waals surface area contributed by atoms with Crippen LogP contribution in [0, 0.1) is 18.3 Å². The van der Waals surface area contributed by atoms with Gasteiger partial charge in [-0.1, -0.05) is 0 Å². The summed E-state index contributed by atoms with van der Waals surface area (Å²) in [7, 11) is 1.97. The Hall–Kier alpha value is -1.69. The highest BCUT2D eigenvalue weighted by Crippen LogP contribution is 2.17. The van der Waals surface area contributed by atoms with Crippen LogP contribution in [0.4, 0.5) is 5.95 Å². The van der Waals surface area contributed by atoms with Crippen LogP contribution in [0.15, 0.2) is 6.07 Å². The smallest absolute Gasteiger partial charge is 0.225 e. The molecule has 0 saturated carbocycles. The number of nitrogens with two attached hydrogens (primary N) is 1. The third kappa shape index (κ3) is 3.64. The van der Waals surface area contributed by atoms with Crippen molar-refractivity contribution in [3.05, 3.63) is 17.5 Å². The zero-order chi connectivity index (χ0) is 13.8. The summed E-state index contributed by atoms with van der Waals surface area (Å²) >= 11 is 0. The quantitative estimate of drug-likeness (QED) is 0.623. The number of rotatable bonds is 4. The normalized spacial score (nSPS) is 19.2. The van der Waals surface area contributed by atoms with Gasteiger partial charge in [-0.15, -0.1) is 0 Å². The van der Waals surface area contributed by atoms with Crippen molar-refractivity contribution in [2.75, 3.05) is 31.7 Å². The van der Waals surface area contributed by atoms with Gasteiger partial charge in [-0.3, -0.25) is 5.41 Å². The minimum atomic E-state index is -0.0267. The Bertz CT molecular complexity index is 456. The molecule has 6 heteroatoms. The molecule has 0 radical (unpaired) electrons. The fraction of sp³-hybridized carbons (Fsp3) is 0.615. The minimum Gasteiger partial charge on any atom is -0.382 e. The Morgan fingerprint density at radius 3 is 3.00 bits per heavy atom. The molecule has 3 N–H and O–H groups in total. The first-order valence-corrected chi connectivity index (χ1v) is 6.55. The van der Waals surface area contributed by atoms with E-state index in [4.69, 9.17) is 15.9 Å². The average molecular weight is 263 g/mol. The van der Waals surface area contributed by atoms with E-state index in [9.17, 15) is 0 Å². The second kappa shape index (κ2) is 5.97. The Morgan fingerprint density at radius 1 is 1.58 bits per heavy atom. The molecule has 1 saturated heterocycles. The molecule has 104 valence electrons. The van der Waals surface area contributed by atoms with E-state index in [1.165, 1.54) is 6.42 Å². The molecule has 0 aliphatic carbocycles. The van der Waals surface area contributed by atoms with Crippen molar-refractivity contribution in [1.82, 2.24) is 9.97 Å². The molecule has 1 aromatic rings. The van der Waals surface area contributed by atoms with E-state index in [0.29, 0.717) is 17.6 Å². The summed E-state index contributed by atoms with van der Waals surface area (Å²) in [6.07, 6.45) is 2.29. The Kier molecular flexibility index (Phi) is 4.31. The number of nitrogens with one attached hydrogen (secondary N) is 1. The number of anilines is 1. The SMILES string of the molecule is Cc1cc(C(=N)N)nc(N(C)CC2CCCOC2)n1. The van der Waals surface area contributed by atoms with Crippen LogP contribution in [0.5, 0.6) is 0 Å². The number of ether oxygens (including phenoxy) is 1. The molecule has 0 bridgehead atoms. The van der Waals surface area contributed by atoms with Gasteiger partial charge in [0.05, 0.1) is 6.61 Å². The summed E-state index contributed by atoms with van der Waals surface area (Å²) in [5.74, 6) is 1.11. The lowest BCUT2D eigenvalue weighted by molar-refractivity contribution is 0.0575. The molecular weight excluding hydrogens is 242 g/mol. The van der Waals surface area contributed by atoms with Gasteiger partial charge >= 0.3 is 0 Å². The molecule has 19 heavy (non-hydrogen) atoms. The molecule has 6 nitrogen and oxygen atoms in total. The van der Waals surface area contributed by atoms with Gasteiger partial charge in [-0.25, -0.2) is 9.97 Å². The van der Waals surface area contributed by atoms with Gasteiger partial charge in [0, 0.05) is 25.9 Å². The topological polar surface area (TPSA) is 88.1 Å². The van der Waals surface area contributed by atoms with Gasteiger partial charge in [0.15, 0.2) is 0 Å². The van der Waals surface area contributed by atoms with Crippen LogP contribution in [-0.4, -0.2) is 42.6 Å². The number of nitrogens with zero attached hydrogens (tertiary/aromatic N) is 3. The van der Waals surface area contributed by atoms with Crippen molar-refractivity contribution in [1.29, 1.82) is 5.41 Å². The highest BCUT2D eigenvalue weighted by atomic mass is 16.5. The fourth-order valence-electron chi connectivity index (χ4n) is 2.28. The molecule has 1 aliphatic heterocycles. The number of hydrogen-bond donors (Lipinski definition) is 2. The zero-order valence-corrected chi connectivity index (χ0v) is 11.5. The first-order chi connectivity index (χ1) is 9.06. The van der Waals surface area contributed by atoms with Crippen LogP contribution in [0.1, 0.15) is 24.2 Å². The maximum Gasteiger partial charge on any atom is 0.225 e. The lowest BCUT2D eigenvalue weighted by Gasteiger charge is -2.27. The van der Waals surface area contributed by atoms with Crippen LogP contribution >= 0.6 is 0 Å². The molecule has 0 amide bonds. The van der Waals surface area contributed by atoms with Gasteiger partial charge in [0.25, 0.3) is 0 Å². The lowest BCUT2D eigenvalue weighted by Crippen LogP contribution is -2.32. The van der Waals surface area contributed by atoms with Crippen molar-refractivity contribution in [3.8, 4) is 0 Å². The van der Waals surface area contributed by atoms with E-state index in [2.05, 4.69) is 9.97 Å².